The normalized spacial score (nSPS) is 14.6. The molecule has 0 spiro atoms. The number of sulfonamides is 1. The smallest absolute Gasteiger partial charge is 0.262 e. The number of carbonyl (C=O) groups excluding carboxylic acids is 1. The number of para-hydroxylation sites is 2. The molecule has 0 radical (unpaired) electrons. The van der Waals surface area contributed by atoms with Gasteiger partial charge in [0.2, 0.25) is 0 Å². The maximum Gasteiger partial charge on any atom is 0.262 e. The predicted molar refractivity (Wildman–Crippen MR) is 129 cm³/mol. The first-order valence-corrected chi connectivity index (χ1v) is 12.5. The fourth-order valence-electron chi connectivity index (χ4n) is 4.18. The highest BCUT2D eigenvalue weighted by Crippen LogP contribution is 2.27. The number of rotatable bonds is 7. The molecule has 1 fully saturated rings. The Bertz CT molecular complexity index is 1190. The Balaban J connectivity index is 1.37. The molecule has 0 saturated carbocycles. The van der Waals surface area contributed by atoms with Crippen molar-refractivity contribution in [2.75, 3.05) is 24.9 Å². The zero-order valence-electron chi connectivity index (χ0n) is 18.6. The molecule has 1 aliphatic heterocycles. The summed E-state index contributed by atoms with van der Waals surface area (Å²) in [5.41, 5.74) is 2.19. The van der Waals surface area contributed by atoms with E-state index in [0.29, 0.717) is 36.0 Å². The summed E-state index contributed by atoms with van der Waals surface area (Å²) < 4.78 is 33.3. The molecule has 0 aromatic heterocycles. The van der Waals surface area contributed by atoms with Crippen LogP contribution in [0.15, 0.2) is 83.8 Å². The molecule has 3 aromatic carbocycles. The van der Waals surface area contributed by atoms with E-state index < -0.39 is 10.0 Å². The van der Waals surface area contributed by atoms with Gasteiger partial charge in [-0.15, -0.1) is 0 Å². The Labute approximate surface area is 195 Å². The Hall–Kier alpha value is -3.32. The lowest BCUT2D eigenvalue weighted by molar-refractivity contribution is 0.0690. The van der Waals surface area contributed by atoms with Crippen LogP contribution in [-0.4, -0.2) is 39.4 Å². The van der Waals surface area contributed by atoms with Crippen LogP contribution in [0.3, 0.4) is 0 Å². The maximum atomic E-state index is 12.9. The van der Waals surface area contributed by atoms with Gasteiger partial charge in [0.05, 0.1) is 17.7 Å². The fourth-order valence-corrected chi connectivity index (χ4v) is 5.25. The minimum Gasteiger partial charge on any atom is -0.495 e. The van der Waals surface area contributed by atoms with Gasteiger partial charge in [0.25, 0.3) is 15.9 Å². The van der Waals surface area contributed by atoms with Gasteiger partial charge in [0.15, 0.2) is 0 Å². The number of likely N-dealkylation sites (tertiary alicyclic amines) is 1. The van der Waals surface area contributed by atoms with Gasteiger partial charge in [0.1, 0.15) is 5.75 Å². The molecule has 0 aliphatic carbocycles. The molecule has 1 amide bonds. The molecule has 1 aliphatic rings. The molecule has 1 N–H and O–H groups in total. The molecule has 3 aromatic rings. The van der Waals surface area contributed by atoms with Crippen molar-refractivity contribution in [3.8, 4) is 5.75 Å². The first-order valence-electron chi connectivity index (χ1n) is 11.1. The first kappa shape index (κ1) is 22.9. The summed E-state index contributed by atoms with van der Waals surface area (Å²) >= 11 is 0. The highest BCUT2D eigenvalue weighted by Gasteiger charge is 2.24. The summed E-state index contributed by atoms with van der Waals surface area (Å²) in [6, 6.07) is 23.3. The van der Waals surface area contributed by atoms with Crippen molar-refractivity contribution in [3.63, 3.8) is 0 Å². The van der Waals surface area contributed by atoms with Crippen LogP contribution in [0.5, 0.6) is 5.75 Å². The third-order valence-corrected chi connectivity index (χ3v) is 7.41. The van der Waals surface area contributed by atoms with E-state index in [4.69, 9.17) is 4.74 Å². The van der Waals surface area contributed by atoms with Crippen LogP contribution < -0.4 is 9.46 Å². The molecular weight excluding hydrogens is 436 g/mol. The van der Waals surface area contributed by atoms with Crippen LogP contribution in [0.4, 0.5) is 5.69 Å². The van der Waals surface area contributed by atoms with E-state index in [0.717, 1.165) is 19.3 Å². The van der Waals surface area contributed by atoms with Gasteiger partial charge in [-0.1, -0.05) is 42.5 Å². The molecule has 0 atom stereocenters. The molecule has 33 heavy (non-hydrogen) atoms. The van der Waals surface area contributed by atoms with Crippen LogP contribution in [0.2, 0.25) is 0 Å². The van der Waals surface area contributed by atoms with Gasteiger partial charge in [-0.25, -0.2) is 8.42 Å². The largest absolute Gasteiger partial charge is 0.495 e. The van der Waals surface area contributed by atoms with Gasteiger partial charge in [-0.05, 0) is 67.1 Å². The minimum atomic E-state index is -3.81. The lowest BCUT2D eigenvalue weighted by atomic mass is 9.90. The second-order valence-corrected chi connectivity index (χ2v) is 9.94. The number of nitrogens with zero attached hydrogens (tertiary/aromatic N) is 1. The van der Waals surface area contributed by atoms with Crippen molar-refractivity contribution >= 4 is 21.6 Å². The SMILES string of the molecule is COc1ccccc1NS(=O)(=O)c1ccc(C(=O)N2CCC(Cc3ccccc3)CC2)cc1. The van der Waals surface area contributed by atoms with Gasteiger partial charge in [-0.3, -0.25) is 9.52 Å². The standard InChI is InChI=1S/C26H28N2O4S/c1-32-25-10-6-5-9-24(25)27-33(30,31)23-13-11-22(12-14-23)26(29)28-17-15-21(16-18-28)19-20-7-3-2-4-8-20/h2-14,21,27H,15-19H2,1H3. The monoisotopic (exact) mass is 464 g/mol. The fraction of sp³-hybridized carbons (Fsp3) is 0.269. The van der Waals surface area contributed by atoms with Crippen molar-refractivity contribution < 1.29 is 17.9 Å². The van der Waals surface area contributed by atoms with Crippen LogP contribution in [0.25, 0.3) is 0 Å². The van der Waals surface area contributed by atoms with E-state index in [1.54, 1.807) is 36.4 Å². The van der Waals surface area contributed by atoms with E-state index in [9.17, 15) is 13.2 Å². The topological polar surface area (TPSA) is 75.7 Å². The van der Waals surface area contributed by atoms with E-state index in [1.165, 1.54) is 24.8 Å². The Morgan fingerprint density at radius 2 is 1.58 bits per heavy atom. The zero-order valence-corrected chi connectivity index (χ0v) is 19.4. The van der Waals surface area contributed by atoms with E-state index in [1.807, 2.05) is 11.0 Å². The summed E-state index contributed by atoms with van der Waals surface area (Å²) in [5, 5.41) is 0. The number of anilines is 1. The number of nitrogens with one attached hydrogen (secondary N) is 1. The highest BCUT2D eigenvalue weighted by atomic mass is 32.2. The number of ether oxygens (including phenoxy) is 1. The number of benzene rings is 3. The summed E-state index contributed by atoms with van der Waals surface area (Å²) in [6.45, 7) is 1.43. The van der Waals surface area contributed by atoms with Gasteiger partial charge < -0.3 is 9.64 Å². The van der Waals surface area contributed by atoms with Gasteiger partial charge >= 0.3 is 0 Å². The number of hydrogen-bond donors (Lipinski definition) is 1. The van der Waals surface area contributed by atoms with E-state index in [2.05, 4.69) is 29.0 Å². The van der Waals surface area contributed by atoms with Crippen molar-refractivity contribution in [3.05, 3.63) is 90.0 Å². The molecule has 0 unspecified atom stereocenters. The van der Waals surface area contributed by atoms with Gasteiger partial charge in [0, 0.05) is 18.7 Å². The Kier molecular flexibility index (Phi) is 6.99. The molecule has 172 valence electrons. The average Bonchev–Trinajstić information content (AvgIpc) is 2.85. The molecule has 0 bridgehead atoms. The lowest BCUT2D eigenvalue weighted by Gasteiger charge is -2.32. The van der Waals surface area contributed by atoms with E-state index >= 15 is 0 Å². The highest BCUT2D eigenvalue weighted by molar-refractivity contribution is 7.92. The van der Waals surface area contributed by atoms with Crippen LogP contribution >= 0.6 is 0 Å². The van der Waals surface area contributed by atoms with E-state index in [-0.39, 0.29) is 10.8 Å². The summed E-state index contributed by atoms with van der Waals surface area (Å²) in [7, 11) is -2.32. The summed E-state index contributed by atoms with van der Waals surface area (Å²) in [4.78, 5) is 14.9. The molecule has 6 nitrogen and oxygen atoms in total. The predicted octanol–water partition coefficient (Wildman–Crippen LogP) is 4.59. The van der Waals surface area contributed by atoms with Crippen LogP contribution in [0, 0.1) is 5.92 Å². The average molecular weight is 465 g/mol. The molecule has 4 rings (SSSR count). The van der Waals surface area contributed by atoms with Crippen molar-refractivity contribution in [2.24, 2.45) is 5.92 Å². The number of methoxy groups -OCH3 is 1. The first-order chi connectivity index (χ1) is 16.0. The third-order valence-electron chi connectivity index (χ3n) is 6.03. The molecular formula is C26H28N2O4S. The Morgan fingerprint density at radius 1 is 0.939 bits per heavy atom. The van der Waals surface area contributed by atoms with Crippen LogP contribution in [-0.2, 0) is 16.4 Å². The number of hydrogen-bond acceptors (Lipinski definition) is 4. The number of amides is 1. The summed E-state index contributed by atoms with van der Waals surface area (Å²) in [6.07, 6.45) is 2.97. The molecule has 1 saturated heterocycles. The minimum absolute atomic E-state index is 0.0604. The van der Waals surface area contributed by atoms with Gasteiger partial charge in [-0.2, -0.15) is 0 Å². The van der Waals surface area contributed by atoms with Crippen molar-refractivity contribution in [1.82, 2.24) is 4.90 Å². The maximum absolute atomic E-state index is 12.9. The second kappa shape index (κ2) is 10.1. The summed E-state index contributed by atoms with van der Waals surface area (Å²) in [5.74, 6) is 0.948. The van der Waals surface area contributed by atoms with Crippen molar-refractivity contribution in [2.45, 2.75) is 24.2 Å². The van der Waals surface area contributed by atoms with Crippen LogP contribution in [0.1, 0.15) is 28.8 Å². The number of carbonyl (C=O) groups is 1. The third kappa shape index (κ3) is 5.54. The quantitative estimate of drug-likeness (QED) is 0.555. The van der Waals surface area contributed by atoms with Crippen molar-refractivity contribution in [1.29, 1.82) is 0 Å². The Morgan fingerprint density at radius 3 is 2.24 bits per heavy atom. The molecule has 7 heteroatoms. The number of piperidine rings is 1. The molecule has 1 heterocycles. The lowest BCUT2D eigenvalue weighted by Crippen LogP contribution is -2.38. The second-order valence-electron chi connectivity index (χ2n) is 8.26. The zero-order chi connectivity index (χ0) is 23.3.